The summed E-state index contributed by atoms with van der Waals surface area (Å²) in [5.41, 5.74) is 2.37. The fourth-order valence-corrected chi connectivity index (χ4v) is 3.99. The van der Waals surface area contributed by atoms with Crippen LogP contribution in [0.4, 0.5) is 4.79 Å². The molecule has 1 amide bonds. The maximum atomic E-state index is 12.9. The Kier molecular flexibility index (Phi) is 4.59. The summed E-state index contributed by atoms with van der Waals surface area (Å²) in [4.78, 5) is 27.4. The maximum absolute atomic E-state index is 12.9. The number of benzene rings is 2. The van der Waals surface area contributed by atoms with Crippen molar-refractivity contribution >= 4 is 28.9 Å². The topological polar surface area (TPSA) is 119 Å². The Hall–Kier alpha value is -3.85. The first-order valence-electron chi connectivity index (χ1n) is 9.93. The molecule has 2 aliphatic rings. The van der Waals surface area contributed by atoms with Gasteiger partial charge in [-0.25, -0.2) is 4.79 Å². The van der Waals surface area contributed by atoms with Crippen LogP contribution in [0.2, 0.25) is 0 Å². The lowest BCUT2D eigenvalue weighted by molar-refractivity contribution is 0.101. The quantitative estimate of drug-likeness (QED) is 0.558. The molecule has 3 N–H and O–H groups in total. The number of phenolic OH excluding ortho intramolecular Hbond substituents is 1. The number of carboxylic acid groups (broad SMARTS) is 1. The van der Waals surface area contributed by atoms with Crippen molar-refractivity contribution in [3.63, 3.8) is 0 Å². The first-order chi connectivity index (χ1) is 15.0. The van der Waals surface area contributed by atoms with Gasteiger partial charge in [-0.15, -0.1) is 0 Å². The number of aromatic nitrogens is 2. The summed E-state index contributed by atoms with van der Waals surface area (Å²) in [6, 6.07) is 10.7. The Balaban J connectivity index is 1.42. The SMILES string of the molecule is O=C1C(=Cc2n[nH]c3ccccc23)Oc2c1ccc(O)c2CN1CCN(C(=O)O)CC1. The number of ketones is 1. The summed E-state index contributed by atoms with van der Waals surface area (Å²) in [6.07, 6.45) is 0.672. The number of aromatic hydroxyl groups is 1. The number of H-pyrrole nitrogens is 1. The Morgan fingerprint density at radius 2 is 1.94 bits per heavy atom. The Morgan fingerprint density at radius 3 is 2.71 bits per heavy atom. The molecule has 0 radical (unpaired) electrons. The number of para-hydroxylation sites is 1. The molecule has 3 heterocycles. The van der Waals surface area contributed by atoms with E-state index in [9.17, 15) is 14.7 Å². The second kappa shape index (κ2) is 7.44. The molecule has 2 aliphatic heterocycles. The number of Topliss-reactive ketones (excluding diaryl/α,β-unsaturated/α-hetero) is 1. The smallest absolute Gasteiger partial charge is 0.407 e. The Bertz CT molecular complexity index is 1220. The molecule has 0 unspecified atom stereocenters. The Morgan fingerprint density at radius 1 is 1.16 bits per heavy atom. The minimum Gasteiger partial charge on any atom is -0.507 e. The summed E-state index contributed by atoms with van der Waals surface area (Å²) in [7, 11) is 0. The molecule has 1 saturated heterocycles. The molecule has 0 atom stereocenters. The average molecular weight is 420 g/mol. The van der Waals surface area contributed by atoms with Gasteiger partial charge in [-0.1, -0.05) is 18.2 Å². The molecule has 5 rings (SSSR count). The minimum absolute atomic E-state index is 0.0404. The predicted octanol–water partition coefficient (Wildman–Crippen LogP) is 2.68. The van der Waals surface area contributed by atoms with Gasteiger partial charge in [-0.3, -0.25) is 14.8 Å². The van der Waals surface area contributed by atoms with Crippen molar-refractivity contribution < 1.29 is 24.5 Å². The van der Waals surface area contributed by atoms with Crippen LogP contribution in [0.15, 0.2) is 42.2 Å². The van der Waals surface area contributed by atoms with Crippen molar-refractivity contribution in [2.24, 2.45) is 0 Å². The van der Waals surface area contributed by atoms with Gasteiger partial charge in [0.05, 0.1) is 22.3 Å². The highest BCUT2D eigenvalue weighted by molar-refractivity contribution is 6.15. The predicted molar refractivity (Wildman–Crippen MR) is 112 cm³/mol. The van der Waals surface area contributed by atoms with Gasteiger partial charge in [0, 0.05) is 44.2 Å². The van der Waals surface area contributed by atoms with Gasteiger partial charge >= 0.3 is 6.09 Å². The third-order valence-electron chi connectivity index (χ3n) is 5.71. The highest BCUT2D eigenvalue weighted by Crippen LogP contribution is 2.40. The monoisotopic (exact) mass is 420 g/mol. The van der Waals surface area contributed by atoms with Crippen LogP contribution < -0.4 is 4.74 Å². The van der Waals surface area contributed by atoms with Crippen LogP contribution in [0.5, 0.6) is 11.5 Å². The molecule has 0 saturated carbocycles. The van der Waals surface area contributed by atoms with Gasteiger partial charge in [0.25, 0.3) is 0 Å². The van der Waals surface area contributed by atoms with Crippen LogP contribution >= 0.6 is 0 Å². The van der Waals surface area contributed by atoms with Crippen LogP contribution in [0.1, 0.15) is 21.6 Å². The molecular formula is C22H20N4O5. The normalized spacial score (nSPS) is 17.9. The average Bonchev–Trinajstić information content (AvgIpc) is 3.32. The standard InChI is InChI=1S/C22H20N4O5/c27-18-6-5-14-20(28)19(11-17-13-3-1-2-4-16(13)23-24-17)31-21(14)15(18)12-25-7-9-26(10-8-25)22(29)30/h1-6,11,27H,7-10,12H2,(H,23,24)(H,29,30). The second-order valence-corrected chi connectivity index (χ2v) is 7.58. The molecule has 31 heavy (non-hydrogen) atoms. The van der Waals surface area contributed by atoms with Crippen molar-refractivity contribution in [2.45, 2.75) is 6.54 Å². The number of ether oxygens (including phenoxy) is 1. The van der Waals surface area contributed by atoms with E-state index in [2.05, 4.69) is 10.2 Å². The Labute approximate surface area is 177 Å². The fraction of sp³-hybridized carbons (Fsp3) is 0.227. The van der Waals surface area contributed by atoms with Crippen molar-refractivity contribution in [2.75, 3.05) is 26.2 Å². The number of nitrogens with one attached hydrogen (secondary N) is 1. The number of nitrogens with zero attached hydrogens (tertiary/aromatic N) is 3. The van der Waals surface area contributed by atoms with Crippen LogP contribution in [0.25, 0.3) is 17.0 Å². The van der Waals surface area contributed by atoms with Crippen LogP contribution in [-0.4, -0.2) is 68.3 Å². The number of piperazine rings is 1. The molecule has 0 spiro atoms. The number of carbonyl (C=O) groups excluding carboxylic acids is 1. The first-order valence-corrected chi connectivity index (χ1v) is 9.93. The zero-order valence-electron chi connectivity index (χ0n) is 16.5. The number of carbonyl (C=O) groups is 2. The number of aromatic amines is 1. The molecule has 0 aliphatic carbocycles. The van der Waals surface area contributed by atoms with Gasteiger partial charge in [0.2, 0.25) is 5.78 Å². The van der Waals surface area contributed by atoms with Gasteiger partial charge < -0.3 is 19.8 Å². The maximum Gasteiger partial charge on any atom is 0.407 e. The van der Waals surface area contributed by atoms with E-state index in [1.54, 1.807) is 12.1 Å². The van der Waals surface area contributed by atoms with E-state index in [1.807, 2.05) is 29.2 Å². The molecule has 158 valence electrons. The number of rotatable bonds is 3. The molecule has 9 heteroatoms. The first kappa shape index (κ1) is 19.1. The number of hydrogen-bond donors (Lipinski definition) is 3. The molecular weight excluding hydrogens is 400 g/mol. The molecule has 2 aromatic carbocycles. The van der Waals surface area contributed by atoms with E-state index >= 15 is 0 Å². The van der Waals surface area contributed by atoms with Gasteiger partial charge in [0.1, 0.15) is 11.5 Å². The summed E-state index contributed by atoms with van der Waals surface area (Å²) in [5.74, 6) is 0.268. The summed E-state index contributed by atoms with van der Waals surface area (Å²) >= 11 is 0. The zero-order valence-corrected chi connectivity index (χ0v) is 16.5. The molecule has 0 bridgehead atoms. The van der Waals surface area contributed by atoms with Gasteiger partial charge in [-0.2, -0.15) is 5.10 Å². The lowest BCUT2D eigenvalue weighted by Crippen LogP contribution is -2.47. The lowest BCUT2D eigenvalue weighted by atomic mass is 10.0. The highest BCUT2D eigenvalue weighted by atomic mass is 16.5. The number of allylic oxidation sites excluding steroid dienone is 1. The number of fused-ring (bicyclic) bond motifs is 2. The van der Waals surface area contributed by atoms with Crippen LogP contribution in [0.3, 0.4) is 0 Å². The minimum atomic E-state index is -0.933. The molecule has 1 fully saturated rings. The highest BCUT2D eigenvalue weighted by Gasteiger charge is 2.32. The van der Waals surface area contributed by atoms with Gasteiger partial charge in [0.15, 0.2) is 5.76 Å². The number of hydrogen-bond acceptors (Lipinski definition) is 6. The summed E-state index contributed by atoms with van der Waals surface area (Å²) in [6.45, 7) is 2.20. The van der Waals surface area contributed by atoms with E-state index in [1.165, 1.54) is 11.0 Å². The third-order valence-corrected chi connectivity index (χ3v) is 5.71. The van der Waals surface area contributed by atoms with E-state index < -0.39 is 6.09 Å². The molecule has 3 aromatic rings. The number of amides is 1. The van der Waals surface area contributed by atoms with Crippen LogP contribution in [-0.2, 0) is 6.54 Å². The zero-order chi connectivity index (χ0) is 21.5. The van der Waals surface area contributed by atoms with E-state index in [4.69, 9.17) is 9.84 Å². The summed E-state index contributed by atoms with van der Waals surface area (Å²) < 4.78 is 5.92. The second-order valence-electron chi connectivity index (χ2n) is 7.58. The van der Waals surface area contributed by atoms with Gasteiger partial charge in [-0.05, 0) is 18.2 Å². The van der Waals surface area contributed by atoms with E-state index in [0.717, 1.165) is 10.9 Å². The van der Waals surface area contributed by atoms with Crippen LogP contribution in [0, 0.1) is 0 Å². The van der Waals surface area contributed by atoms with Crippen molar-refractivity contribution in [3.05, 3.63) is 59.0 Å². The molecule has 9 nitrogen and oxygen atoms in total. The largest absolute Gasteiger partial charge is 0.507 e. The summed E-state index contributed by atoms with van der Waals surface area (Å²) in [5, 5.41) is 27.6. The van der Waals surface area contributed by atoms with E-state index in [0.29, 0.717) is 55.3 Å². The fourth-order valence-electron chi connectivity index (χ4n) is 3.99. The third kappa shape index (κ3) is 3.38. The van der Waals surface area contributed by atoms with Crippen molar-refractivity contribution in [1.82, 2.24) is 20.0 Å². The number of phenols is 1. The van der Waals surface area contributed by atoms with Crippen molar-refractivity contribution in [3.8, 4) is 11.5 Å². The van der Waals surface area contributed by atoms with E-state index in [-0.39, 0.29) is 17.3 Å². The van der Waals surface area contributed by atoms with Crippen molar-refractivity contribution in [1.29, 1.82) is 0 Å². The molecule has 1 aromatic heterocycles. The lowest BCUT2D eigenvalue weighted by Gasteiger charge is -2.33.